The maximum absolute atomic E-state index is 13.8. The molecule has 0 amide bonds. The van der Waals surface area contributed by atoms with Crippen LogP contribution in [0, 0.1) is 19.7 Å². The average Bonchev–Trinajstić information content (AvgIpc) is 3.01. The van der Waals surface area contributed by atoms with Gasteiger partial charge in [-0.2, -0.15) is 0 Å². The van der Waals surface area contributed by atoms with E-state index >= 15 is 0 Å². The van der Waals surface area contributed by atoms with Gasteiger partial charge in [-0.15, -0.1) is 0 Å². The largest absolute Gasteiger partial charge is 0.458 e. The Morgan fingerprint density at radius 3 is 1.43 bits per heavy atom. The fourth-order valence-electron chi connectivity index (χ4n) is 6.43. The van der Waals surface area contributed by atoms with E-state index in [1.165, 1.54) is 34.4 Å². The molecule has 0 unspecified atom stereocenters. The van der Waals surface area contributed by atoms with Crippen molar-refractivity contribution in [3.8, 4) is 56.4 Å². The zero-order valence-corrected chi connectivity index (χ0v) is 23.3. The lowest BCUT2D eigenvalue weighted by atomic mass is 9.34. The number of benzene rings is 6. The van der Waals surface area contributed by atoms with Gasteiger partial charge in [0.1, 0.15) is 28.8 Å². The predicted octanol–water partition coefficient (Wildman–Crippen LogP) is 8.17. The van der Waals surface area contributed by atoms with Gasteiger partial charge in [-0.25, -0.2) is 4.39 Å². The third kappa shape index (κ3) is 3.94. The fraction of sp³-hybridized carbons (Fsp3) is 0.0526. The third-order valence-electron chi connectivity index (χ3n) is 8.57. The molecular formula is C38H26BFO2. The lowest BCUT2D eigenvalue weighted by Crippen LogP contribution is -2.57. The van der Waals surface area contributed by atoms with Crippen LogP contribution >= 0.6 is 0 Å². The highest BCUT2D eigenvalue weighted by Gasteiger charge is 2.40. The number of ether oxygens (including phenoxy) is 2. The molecule has 6 aromatic rings. The zero-order chi connectivity index (χ0) is 28.4. The molecule has 0 aliphatic carbocycles. The van der Waals surface area contributed by atoms with E-state index in [0.29, 0.717) is 0 Å². The second kappa shape index (κ2) is 9.49. The smallest absolute Gasteiger partial charge is 0.260 e. The summed E-state index contributed by atoms with van der Waals surface area (Å²) in [6.45, 7) is 4.22. The van der Waals surface area contributed by atoms with Crippen molar-refractivity contribution >= 4 is 23.1 Å². The van der Waals surface area contributed by atoms with Crippen molar-refractivity contribution in [3.05, 3.63) is 138 Å². The quantitative estimate of drug-likeness (QED) is 0.209. The van der Waals surface area contributed by atoms with Gasteiger partial charge in [0.05, 0.1) is 0 Å². The van der Waals surface area contributed by atoms with E-state index in [-0.39, 0.29) is 12.5 Å². The molecule has 2 nitrogen and oxygen atoms in total. The minimum absolute atomic E-state index is 0.0402. The van der Waals surface area contributed by atoms with Crippen LogP contribution in [-0.2, 0) is 0 Å². The van der Waals surface area contributed by atoms with Crippen LogP contribution < -0.4 is 25.9 Å². The normalized spacial score (nSPS) is 12.5. The monoisotopic (exact) mass is 544 g/mol. The summed E-state index contributed by atoms with van der Waals surface area (Å²) < 4.78 is 27.1. The molecule has 0 aromatic heterocycles. The molecule has 2 heterocycles. The van der Waals surface area contributed by atoms with Crippen LogP contribution in [0.2, 0.25) is 0 Å². The molecule has 8 rings (SSSR count). The third-order valence-corrected chi connectivity index (χ3v) is 8.57. The Hall–Kier alpha value is -5.09. The number of hydrogen-bond donors (Lipinski definition) is 0. The summed E-state index contributed by atoms with van der Waals surface area (Å²) >= 11 is 0. The van der Waals surface area contributed by atoms with E-state index in [1.807, 2.05) is 0 Å². The van der Waals surface area contributed by atoms with Crippen LogP contribution in [0.3, 0.4) is 0 Å². The van der Waals surface area contributed by atoms with Crippen molar-refractivity contribution in [3.63, 3.8) is 0 Å². The van der Waals surface area contributed by atoms with Crippen LogP contribution in [0.1, 0.15) is 11.1 Å². The number of hydrogen-bond acceptors (Lipinski definition) is 2. The Bertz CT molecular complexity index is 1910. The lowest BCUT2D eigenvalue weighted by Gasteiger charge is -2.34. The van der Waals surface area contributed by atoms with Crippen LogP contribution in [0.5, 0.6) is 23.0 Å². The van der Waals surface area contributed by atoms with Crippen molar-refractivity contribution in [2.24, 2.45) is 0 Å². The van der Waals surface area contributed by atoms with E-state index in [4.69, 9.17) is 9.47 Å². The predicted molar refractivity (Wildman–Crippen MR) is 170 cm³/mol. The van der Waals surface area contributed by atoms with E-state index in [2.05, 4.69) is 111 Å². The number of halogens is 1. The Labute approximate surface area is 245 Å². The lowest BCUT2D eigenvalue weighted by molar-refractivity contribution is 0.465. The first-order valence-electron chi connectivity index (χ1n) is 14.2. The summed E-state index contributed by atoms with van der Waals surface area (Å²) in [5.74, 6) is 2.94. The van der Waals surface area contributed by atoms with Gasteiger partial charge < -0.3 is 9.47 Å². The molecule has 2 aliphatic heterocycles. The van der Waals surface area contributed by atoms with E-state index in [0.717, 1.165) is 61.6 Å². The first kappa shape index (κ1) is 24.7. The average molecular weight is 544 g/mol. The highest BCUT2D eigenvalue weighted by molar-refractivity contribution is 6.98. The number of rotatable bonds is 3. The summed E-state index contributed by atoms with van der Waals surface area (Å²) in [6.07, 6.45) is 0. The Morgan fingerprint density at radius 1 is 0.476 bits per heavy atom. The summed E-state index contributed by atoms with van der Waals surface area (Å²) in [4.78, 5) is 0. The minimum atomic E-state index is -0.263. The minimum Gasteiger partial charge on any atom is -0.458 e. The summed E-state index contributed by atoms with van der Waals surface area (Å²) in [7, 11) is 0. The molecular weight excluding hydrogens is 518 g/mol. The highest BCUT2D eigenvalue weighted by atomic mass is 19.1. The summed E-state index contributed by atoms with van der Waals surface area (Å²) in [6, 6.07) is 40.6. The first-order valence-corrected chi connectivity index (χ1v) is 14.2. The maximum Gasteiger partial charge on any atom is 0.260 e. The second-order valence-corrected chi connectivity index (χ2v) is 11.2. The zero-order valence-electron chi connectivity index (χ0n) is 23.3. The summed E-state index contributed by atoms with van der Waals surface area (Å²) in [5, 5.41) is 0. The van der Waals surface area contributed by atoms with Crippen molar-refractivity contribution in [2.45, 2.75) is 13.8 Å². The molecule has 0 atom stereocenters. The standard InChI is InChI=1S/C38H26BFO2/c1-23-7-3-5-9-30(23)26-13-17-32-34(19-26)41-36-21-28(25-11-15-29(40)16-12-25)22-37-38(36)39(32)33-18-14-27(20-35(33)42-37)31-10-6-4-8-24(31)2/h3-22H,1-2H3. The van der Waals surface area contributed by atoms with Gasteiger partial charge >= 0.3 is 0 Å². The highest BCUT2D eigenvalue weighted by Crippen LogP contribution is 2.40. The van der Waals surface area contributed by atoms with Gasteiger partial charge in [0, 0.05) is 5.46 Å². The molecule has 0 fully saturated rings. The molecule has 4 heteroatoms. The maximum atomic E-state index is 13.8. The van der Waals surface area contributed by atoms with Gasteiger partial charge in [-0.1, -0.05) is 84.9 Å². The molecule has 0 saturated carbocycles. The van der Waals surface area contributed by atoms with Gasteiger partial charge in [-0.3, -0.25) is 0 Å². The molecule has 6 aromatic carbocycles. The van der Waals surface area contributed by atoms with Gasteiger partial charge in [0.25, 0.3) is 6.71 Å². The SMILES string of the molecule is Cc1ccccc1-c1ccc2c(c1)Oc1cc(-c3ccc(F)cc3)cc3c1B2c1ccc(-c2ccccc2C)cc1O3. The van der Waals surface area contributed by atoms with Crippen molar-refractivity contribution in [1.82, 2.24) is 0 Å². The Kier molecular flexibility index (Phi) is 5.58. The number of aryl methyl sites for hydroxylation is 2. The van der Waals surface area contributed by atoms with E-state index in [9.17, 15) is 4.39 Å². The summed E-state index contributed by atoms with van der Waals surface area (Å²) in [5.41, 5.74) is 12.1. The Morgan fingerprint density at radius 2 is 0.929 bits per heavy atom. The van der Waals surface area contributed by atoms with Crippen LogP contribution in [0.4, 0.5) is 4.39 Å². The molecule has 0 saturated heterocycles. The number of fused-ring (bicyclic) bond motifs is 4. The molecule has 0 N–H and O–H groups in total. The van der Waals surface area contributed by atoms with E-state index < -0.39 is 0 Å². The first-order chi connectivity index (χ1) is 20.5. The van der Waals surface area contributed by atoms with Crippen molar-refractivity contribution in [2.75, 3.05) is 0 Å². The van der Waals surface area contributed by atoms with Crippen LogP contribution in [-0.4, -0.2) is 6.71 Å². The van der Waals surface area contributed by atoms with Crippen LogP contribution in [0.25, 0.3) is 33.4 Å². The van der Waals surface area contributed by atoms with Gasteiger partial charge in [0.15, 0.2) is 0 Å². The molecule has 2 aliphatic rings. The van der Waals surface area contributed by atoms with E-state index in [1.54, 1.807) is 12.1 Å². The molecule has 200 valence electrons. The molecule has 0 bridgehead atoms. The van der Waals surface area contributed by atoms with Gasteiger partial charge in [0.2, 0.25) is 0 Å². The molecule has 0 spiro atoms. The molecule has 0 radical (unpaired) electrons. The molecule has 42 heavy (non-hydrogen) atoms. The fourth-order valence-corrected chi connectivity index (χ4v) is 6.43. The second-order valence-electron chi connectivity index (χ2n) is 11.2. The van der Waals surface area contributed by atoms with Crippen molar-refractivity contribution in [1.29, 1.82) is 0 Å². The van der Waals surface area contributed by atoms with Crippen molar-refractivity contribution < 1.29 is 13.9 Å². The topological polar surface area (TPSA) is 18.5 Å². The van der Waals surface area contributed by atoms with Crippen LogP contribution in [0.15, 0.2) is 121 Å². The Balaban J connectivity index is 1.33. The van der Waals surface area contributed by atoms with Gasteiger partial charge in [-0.05, 0) is 106 Å².